The molecular formula is C17H18N4O. The summed E-state index contributed by atoms with van der Waals surface area (Å²) in [5, 5.41) is 2.87. The SMILES string of the molecule is CC(C)(C)C(=O)Nc1ccc(-n2cnc3ccccc32)nc1. The van der Waals surface area contributed by atoms with Gasteiger partial charge >= 0.3 is 0 Å². The largest absolute Gasteiger partial charge is 0.324 e. The predicted octanol–water partition coefficient (Wildman–Crippen LogP) is 3.41. The number of aromatic nitrogens is 3. The van der Waals surface area contributed by atoms with E-state index >= 15 is 0 Å². The van der Waals surface area contributed by atoms with E-state index in [1.54, 1.807) is 12.5 Å². The molecule has 0 atom stereocenters. The fourth-order valence-electron chi connectivity index (χ4n) is 2.06. The number of nitrogens with one attached hydrogen (secondary N) is 1. The molecule has 22 heavy (non-hydrogen) atoms. The molecule has 0 spiro atoms. The molecule has 5 heteroatoms. The molecule has 0 bridgehead atoms. The van der Waals surface area contributed by atoms with Gasteiger partial charge in [-0.15, -0.1) is 0 Å². The van der Waals surface area contributed by atoms with Crippen LogP contribution in [0.3, 0.4) is 0 Å². The zero-order chi connectivity index (χ0) is 15.7. The summed E-state index contributed by atoms with van der Waals surface area (Å²) in [6.45, 7) is 5.63. The van der Waals surface area contributed by atoms with E-state index < -0.39 is 5.41 Å². The number of fused-ring (bicyclic) bond motifs is 1. The topological polar surface area (TPSA) is 59.8 Å². The monoisotopic (exact) mass is 294 g/mol. The Labute approximate surface area is 129 Å². The van der Waals surface area contributed by atoms with Crippen molar-refractivity contribution in [3.8, 4) is 5.82 Å². The molecule has 0 radical (unpaired) electrons. The summed E-state index contributed by atoms with van der Waals surface area (Å²) >= 11 is 0. The Morgan fingerprint density at radius 3 is 2.55 bits per heavy atom. The number of para-hydroxylation sites is 2. The first kappa shape index (κ1) is 14.3. The van der Waals surface area contributed by atoms with Crippen LogP contribution in [0.4, 0.5) is 5.69 Å². The van der Waals surface area contributed by atoms with E-state index in [9.17, 15) is 4.79 Å². The van der Waals surface area contributed by atoms with Crippen molar-refractivity contribution in [2.24, 2.45) is 5.41 Å². The minimum Gasteiger partial charge on any atom is -0.324 e. The van der Waals surface area contributed by atoms with Gasteiger partial charge in [-0.25, -0.2) is 9.97 Å². The highest BCUT2D eigenvalue weighted by molar-refractivity contribution is 5.94. The molecule has 1 N–H and O–H groups in total. The number of amides is 1. The Hall–Kier alpha value is -2.69. The minimum atomic E-state index is -0.431. The van der Waals surface area contributed by atoms with Gasteiger partial charge in [0.2, 0.25) is 5.91 Å². The molecule has 0 aliphatic heterocycles. The molecule has 0 fully saturated rings. The molecule has 2 heterocycles. The third-order valence-corrected chi connectivity index (χ3v) is 3.39. The summed E-state index contributed by atoms with van der Waals surface area (Å²) in [5.41, 5.74) is 2.18. The molecule has 1 aromatic carbocycles. The first-order valence-electron chi connectivity index (χ1n) is 7.15. The van der Waals surface area contributed by atoms with Crippen molar-refractivity contribution in [2.45, 2.75) is 20.8 Å². The molecule has 5 nitrogen and oxygen atoms in total. The fourth-order valence-corrected chi connectivity index (χ4v) is 2.06. The second kappa shape index (κ2) is 5.26. The minimum absolute atomic E-state index is 0.0323. The smallest absolute Gasteiger partial charge is 0.229 e. The van der Waals surface area contributed by atoms with Gasteiger partial charge in [-0.2, -0.15) is 0 Å². The van der Waals surface area contributed by atoms with E-state index in [4.69, 9.17) is 0 Å². The Bertz CT molecular complexity index is 813. The summed E-state index contributed by atoms with van der Waals surface area (Å²) in [4.78, 5) is 20.7. The van der Waals surface area contributed by atoms with Gasteiger partial charge in [-0.3, -0.25) is 9.36 Å². The van der Waals surface area contributed by atoms with Crippen molar-refractivity contribution in [2.75, 3.05) is 5.32 Å². The number of hydrogen-bond acceptors (Lipinski definition) is 3. The normalized spacial score (nSPS) is 11.6. The average Bonchev–Trinajstić information content (AvgIpc) is 2.91. The molecule has 3 rings (SSSR count). The van der Waals surface area contributed by atoms with Crippen LogP contribution in [0, 0.1) is 5.41 Å². The van der Waals surface area contributed by atoms with Gasteiger partial charge in [0.05, 0.1) is 22.9 Å². The van der Waals surface area contributed by atoms with Gasteiger partial charge in [-0.1, -0.05) is 32.9 Å². The summed E-state index contributed by atoms with van der Waals surface area (Å²) in [6.07, 6.45) is 3.41. The zero-order valence-electron chi connectivity index (χ0n) is 12.9. The third-order valence-electron chi connectivity index (χ3n) is 3.39. The van der Waals surface area contributed by atoms with E-state index in [1.165, 1.54) is 0 Å². The Morgan fingerprint density at radius 2 is 1.86 bits per heavy atom. The van der Waals surface area contributed by atoms with Gasteiger partial charge in [0.25, 0.3) is 0 Å². The lowest BCUT2D eigenvalue weighted by Gasteiger charge is -2.17. The van der Waals surface area contributed by atoms with Crippen LogP contribution in [0.2, 0.25) is 0 Å². The Kier molecular flexibility index (Phi) is 3.41. The van der Waals surface area contributed by atoms with Gasteiger partial charge in [0.15, 0.2) is 0 Å². The standard InChI is InChI=1S/C17H18N4O/c1-17(2,3)16(22)20-12-8-9-15(18-10-12)21-11-19-13-6-4-5-7-14(13)21/h4-11H,1-3H3,(H,20,22). The van der Waals surface area contributed by atoms with Crippen molar-refractivity contribution in [1.29, 1.82) is 0 Å². The van der Waals surface area contributed by atoms with Gasteiger partial charge < -0.3 is 5.32 Å². The maximum absolute atomic E-state index is 12.0. The molecule has 0 aliphatic carbocycles. The third kappa shape index (κ3) is 2.70. The van der Waals surface area contributed by atoms with E-state index in [2.05, 4.69) is 15.3 Å². The highest BCUT2D eigenvalue weighted by Crippen LogP contribution is 2.19. The van der Waals surface area contributed by atoms with Gasteiger partial charge in [0, 0.05) is 5.41 Å². The average molecular weight is 294 g/mol. The van der Waals surface area contributed by atoms with Crippen LogP contribution in [0.25, 0.3) is 16.9 Å². The molecule has 3 aromatic rings. The molecule has 0 aliphatic rings. The Balaban J connectivity index is 1.87. The second-order valence-corrected chi connectivity index (χ2v) is 6.21. The van der Waals surface area contributed by atoms with Gasteiger partial charge in [0.1, 0.15) is 12.1 Å². The number of hydrogen-bond donors (Lipinski definition) is 1. The molecule has 2 aromatic heterocycles. The molecule has 0 saturated heterocycles. The maximum Gasteiger partial charge on any atom is 0.229 e. The number of pyridine rings is 1. The van der Waals surface area contributed by atoms with Crippen LogP contribution < -0.4 is 5.32 Å². The number of carbonyl (C=O) groups is 1. The number of imidazole rings is 1. The molecule has 0 saturated carbocycles. The Morgan fingerprint density at radius 1 is 1.09 bits per heavy atom. The number of anilines is 1. The van der Waals surface area contributed by atoms with E-state index in [0.717, 1.165) is 16.9 Å². The first-order chi connectivity index (χ1) is 10.4. The highest BCUT2D eigenvalue weighted by atomic mass is 16.2. The predicted molar refractivity (Wildman–Crippen MR) is 86.9 cm³/mol. The molecule has 1 amide bonds. The van der Waals surface area contributed by atoms with Crippen LogP contribution >= 0.6 is 0 Å². The first-order valence-corrected chi connectivity index (χ1v) is 7.15. The van der Waals surface area contributed by atoms with Crippen molar-refractivity contribution in [1.82, 2.24) is 14.5 Å². The number of benzene rings is 1. The van der Waals surface area contributed by atoms with Crippen LogP contribution in [-0.2, 0) is 4.79 Å². The number of rotatable bonds is 2. The van der Waals surface area contributed by atoms with Crippen LogP contribution in [-0.4, -0.2) is 20.4 Å². The van der Waals surface area contributed by atoms with Gasteiger partial charge in [-0.05, 0) is 24.3 Å². The quantitative estimate of drug-likeness (QED) is 0.788. The summed E-state index contributed by atoms with van der Waals surface area (Å²) < 4.78 is 1.92. The van der Waals surface area contributed by atoms with Crippen molar-refractivity contribution < 1.29 is 4.79 Å². The lowest BCUT2D eigenvalue weighted by Crippen LogP contribution is -2.27. The lowest BCUT2D eigenvalue weighted by atomic mass is 9.96. The summed E-state index contributed by atoms with van der Waals surface area (Å²) in [5.74, 6) is 0.734. The summed E-state index contributed by atoms with van der Waals surface area (Å²) in [7, 11) is 0. The van der Waals surface area contributed by atoms with Crippen molar-refractivity contribution in [3.63, 3.8) is 0 Å². The van der Waals surface area contributed by atoms with Crippen LogP contribution in [0.1, 0.15) is 20.8 Å². The number of carbonyl (C=O) groups excluding carboxylic acids is 1. The molecular weight excluding hydrogens is 276 g/mol. The maximum atomic E-state index is 12.0. The molecule has 0 unspecified atom stereocenters. The van der Waals surface area contributed by atoms with Crippen molar-refractivity contribution in [3.05, 3.63) is 48.9 Å². The second-order valence-electron chi connectivity index (χ2n) is 6.21. The highest BCUT2D eigenvalue weighted by Gasteiger charge is 2.21. The fraction of sp³-hybridized carbons (Fsp3) is 0.235. The molecule has 112 valence electrons. The lowest BCUT2D eigenvalue weighted by molar-refractivity contribution is -0.123. The number of nitrogens with zero attached hydrogens (tertiary/aromatic N) is 3. The van der Waals surface area contributed by atoms with Crippen LogP contribution in [0.5, 0.6) is 0 Å². The zero-order valence-corrected chi connectivity index (χ0v) is 12.9. The van der Waals surface area contributed by atoms with Crippen molar-refractivity contribution >= 4 is 22.6 Å². The van der Waals surface area contributed by atoms with Crippen LogP contribution in [0.15, 0.2) is 48.9 Å². The van der Waals surface area contributed by atoms with E-state index in [1.807, 2.05) is 61.7 Å². The van der Waals surface area contributed by atoms with E-state index in [0.29, 0.717) is 5.69 Å². The summed E-state index contributed by atoms with van der Waals surface area (Å²) in [6, 6.07) is 11.6. The van der Waals surface area contributed by atoms with E-state index in [-0.39, 0.29) is 5.91 Å².